The van der Waals surface area contributed by atoms with Crippen molar-refractivity contribution in [1.29, 1.82) is 0 Å². The van der Waals surface area contributed by atoms with E-state index in [9.17, 15) is 5.11 Å². The van der Waals surface area contributed by atoms with Gasteiger partial charge in [-0.25, -0.2) is 24.5 Å². The molecule has 0 fully saturated rings. The summed E-state index contributed by atoms with van der Waals surface area (Å²) in [5.74, 6) is 0.998. The summed E-state index contributed by atoms with van der Waals surface area (Å²) in [7, 11) is 8.25. The number of hydrazine groups is 2. The topological polar surface area (TPSA) is 55.6 Å². The molecule has 1 N–H and O–H groups in total. The van der Waals surface area contributed by atoms with E-state index >= 15 is 0 Å². The minimum atomic E-state index is -0.189. The van der Waals surface area contributed by atoms with Gasteiger partial charge in [-0.05, 0) is 35.4 Å². The van der Waals surface area contributed by atoms with E-state index in [0.717, 1.165) is 49.7 Å². The van der Waals surface area contributed by atoms with E-state index in [1.165, 1.54) is 0 Å². The summed E-state index contributed by atoms with van der Waals surface area (Å²) in [5, 5.41) is 24.8. The van der Waals surface area contributed by atoms with Crippen LogP contribution in [0.5, 0.6) is 5.75 Å². The predicted molar refractivity (Wildman–Crippen MR) is 167 cm³/mol. The highest BCUT2D eigenvalue weighted by Gasteiger charge is 2.51. The fourth-order valence-electron chi connectivity index (χ4n) is 5.75. The van der Waals surface area contributed by atoms with Gasteiger partial charge >= 0.3 is 5.17 Å². The van der Waals surface area contributed by atoms with E-state index in [-0.39, 0.29) is 11.8 Å². The van der Waals surface area contributed by atoms with Crippen LogP contribution in [0.15, 0.2) is 126 Å². The van der Waals surface area contributed by atoms with Crippen molar-refractivity contribution < 1.29 is 18.9 Å². The first-order valence-corrected chi connectivity index (χ1v) is 15.0. The van der Waals surface area contributed by atoms with E-state index in [4.69, 9.17) is 0 Å². The van der Waals surface area contributed by atoms with Gasteiger partial charge in [0.05, 0.1) is 17.0 Å². The summed E-state index contributed by atoms with van der Waals surface area (Å²) >= 11 is 1.71. The average molecular weight is 588 g/mol. The lowest BCUT2D eigenvalue weighted by Crippen LogP contribution is -2.44. The largest absolute Gasteiger partial charge is 0.872 e. The van der Waals surface area contributed by atoms with E-state index < -0.39 is 0 Å². The van der Waals surface area contributed by atoms with Crippen LogP contribution in [-0.4, -0.2) is 34.0 Å². The molecule has 3 aliphatic heterocycles. The van der Waals surface area contributed by atoms with Crippen molar-refractivity contribution in [1.82, 2.24) is 15.3 Å². The first-order valence-electron chi connectivity index (χ1n) is 14.2. The number of hydrogen-bond acceptors (Lipinski definition) is 6. The molecule has 2 aromatic heterocycles. The zero-order chi connectivity index (χ0) is 29.7. The molecule has 5 heterocycles. The number of amidine groups is 1. The molecular formula is C34H33N7OS+2. The second-order valence-electron chi connectivity index (χ2n) is 10.9. The lowest BCUT2D eigenvalue weighted by Gasteiger charge is -2.29. The summed E-state index contributed by atoms with van der Waals surface area (Å²) in [6, 6.07) is 26.0. The van der Waals surface area contributed by atoms with Gasteiger partial charge in [0.2, 0.25) is 5.82 Å². The molecule has 0 spiro atoms. The molecule has 1 atom stereocenters. The number of thioether (sulfide) groups is 1. The number of aryl methyl sites for hydroxylation is 2. The van der Waals surface area contributed by atoms with Crippen molar-refractivity contribution in [3.63, 3.8) is 0 Å². The molecule has 2 aromatic carbocycles. The van der Waals surface area contributed by atoms with Crippen LogP contribution in [0.1, 0.15) is 22.7 Å². The van der Waals surface area contributed by atoms with E-state index in [1.54, 1.807) is 23.9 Å². The molecule has 3 aliphatic rings. The predicted octanol–water partition coefficient (Wildman–Crippen LogP) is 3.63. The van der Waals surface area contributed by atoms with E-state index in [2.05, 4.69) is 125 Å². The fourth-order valence-corrected chi connectivity index (χ4v) is 6.83. The van der Waals surface area contributed by atoms with Crippen molar-refractivity contribution >= 4 is 34.8 Å². The van der Waals surface area contributed by atoms with Crippen LogP contribution in [0.25, 0.3) is 12.2 Å². The number of likely N-dealkylation sites (N-methyl/N-ethyl adjacent to an activating group) is 1. The van der Waals surface area contributed by atoms with Crippen LogP contribution in [0.4, 0.5) is 5.69 Å². The number of benzene rings is 2. The number of nitrogens with zero attached hydrogens (tertiary/aromatic N) is 6. The molecule has 9 heteroatoms. The Morgan fingerprint density at radius 2 is 1.40 bits per heavy atom. The quantitative estimate of drug-likeness (QED) is 0.368. The van der Waals surface area contributed by atoms with Gasteiger partial charge in [0.15, 0.2) is 30.8 Å². The molecular weight excluding hydrogens is 554 g/mol. The molecule has 0 amide bonds. The molecule has 0 radical (unpaired) electrons. The lowest BCUT2D eigenvalue weighted by molar-refractivity contribution is -0.696. The van der Waals surface area contributed by atoms with Crippen LogP contribution < -0.4 is 24.6 Å². The maximum Gasteiger partial charge on any atom is 0.343 e. The average Bonchev–Trinajstić information content (AvgIpc) is 3.47. The first kappa shape index (κ1) is 26.9. The maximum absolute atomic E-state index is 12.2. The lowest BCUT2D eigenvalue weighted by atomic mass is 9.94. The Hall–Kier alpha value is -5.02. The smallest absolute Gasteiger partial charge is 0.343 e. The van der Waals surface area contributed by atoms with E-state index in [1.807, 2.05) is 41.4 Å². The number of nitrogens with one attached hydrogen (secondary N) is 1. The highest BCUT2D eigenvalue weighted by Crippen LogP contribution is 2.48. The van der Waals surface area contributed by atoms with Gasteiger partial charge in [-0.2, -0.15) is 0 Å². The molecule has 0 aliphatic carbocycles. The number of anilines is 1. The molecule has 4 aromatic rings. The van der Waals surface area contributed by atoms with Crippen molar-refractivity contribution in [3.05, 3.63) is 142 Å². The second kappa shape index (κ2) is 10.7. The third-order valence-corrected chi connectivity index (χ3v) is 9.06. The summed E-state index contributed by atoms with van der Waals surface area (Å²) in [4.78, 5) is 0. The van der Waals surface area contributed by atoms with Crippen LogP contribution in [-0.2, 0) is 14.1 Å². The highest BCUT2D eigenvalue weighted by molar-refractivity contribution is 8.17. The number of rotatable bonds is 4. The standard InChI is InChI=1S/C34H32N7OS/c1-36-18-14-24(15-19-36)22-29-31-32(26-10-12-28(42)13-11-26)41-34(35-33(31)40(38(29)3)27-8-6-5-7-9-27)43-30(39(41)4)23-25-16-20-37(2)21-17-25/h5-23,32H,1-4H3/q+1/p+1. The fraction of sp³-hybridized carbons (Fsp3) is 0.147. The Kier molecular flexibility index (Phi) is 6.66. The normalized spacial score (nSPS) is 19.8. The first-order chi connectivity index (χ1) is 20.9. The summed E-state index contributed by atoms with van der Waals surface area (Å²) < 4.78 is 6.38. The number of hydrogen-bond donors (Lipinski definition) is 1. The van der Waals surface area contributed by atoms with Crippen molar-refractivity contribution in [2.24, 2.45) is 14.1 Å². The van der Waals surface area contributed by atoms with Gasteiger partial charge < -0.3 is 5.11 Å². The third-order valence-electron chi connectivity index (χ3n) is 7.98. The Bertz CT molecular complexity index is 1810. The van der Waals surface area contributed by atoms with Gasteiger partial charge in [-0.15, -0.1) is 10.4 Å². The third kappa shape index (κ3) is 4.81. The molecule has 0 saturated heterocycles. The summed E-state index contributed by atoms with van der Waals surface area (Å²) in [6.07, 6.45) is 12.7. The van der Waals surface area contributed by atoms with Crippen molar-refractivity contribution in [3.8, 4) is 5.75 Å². The van der Waals surface area contributed by atoms with Gasteiger partial charge in [-0.3, -0.25) is 5.01 Å². The summed E-state index contributed by atoms with van der Waals surface area (Å²) in [5.41, 5.74) is 6.53. The Balaban J connectivity index is 1.41. The minimum absolute atomic E-state index is 0.000408. The van der Waals surface area contributed by atoms with Gasteiger partial charge in [0, 0.05) is 55.7 Å². The number of para-hydroxylation sites is 1. The second-order valence-corrected chi connectivity index (χ2v) is 11.9. The minimum Gasteiger partial charge on any atom is -0.872 e. The molecule has 43 heavy (non-hydrogen) atoms. The molecule has 214 valence electrons. The number of aromatic nitrogens is 2. The van der Waals surface area contributed by atoms with Gasteiger partial charge in [0.25, 0.3) is 0 Å². The monoisotopic (exact) mass is 587 g/mol. The van der Waals surface area contributed by atoms with Crippen molar-refractivity contribution in [2.45, 2.75) is 6.04 Å². The van der Waals surface area contributed by atoms with Gasteiger partial charge in [0.1, 0.15) is 19.1 Å². The van der Waals surface area contributed by atoms with Crippen LogP contribution in [0, 0.1) is 0 Å². The summed E-state index contributed by atoms with van der Waals surface area (Å²) in [6.45, 7) is 0. The Morgan fingerprint density at radius 3 is 2.02 bits per heavy atom. The molecule has 8 nitrogen and oxygen atoms in total. The zero-order valence-electron chi connectivity index (χ0n) is 24.5. The number of hydrazone groups is 1. The molecule has 1 unspecified atom stereocenters. The maximum atomic E-state index is 12.2. The SMILES string of the molecule is CN1C(=Cc2cc[n+](C)cc2)C2=C(NC3=[N+](C2c2ccc([O-])cc2)N(C)C(=Cc2cc[n+](C)cc2)S3)N1c1ccccc1. The van der Waals surface area contributed by atoms with Gasteiger partial charge in [-0.1, -0.05) is 42.5 Å². The van der Waals surface area contributed by atoms with Crippen LogP contribution >= 0.6 is 11.8 Å². The Labute approximate surface area is 256 Å². The van der Waals surface area contributed by atoms with Crippen molar-refractivity contribution in [2.75, 3.05) is 19.1 Å². The van der Waals surface area contributed by atoms with Crippen LogP contribution in [0.2, 0.25) is 0 Å². The highest BCUT2D eigenvalue weighted by atomic mass is 32.2. The molecule has 7 rings (SSSR count). The zero-order valence-corrected chi connectivity index (χ0v) is 25.4. The molecule has 0 bridgehead atoms. The molecule has 0 saturated carbocycles. The van der Waals surface area contributed by atoms with Crippen LogP contribution in [0.3, 0.4) is 0 Å². The Morgan fingerprint density at radius 1 is 0.791 bits per heavy atom. The van der Waals surface area contributed by atoms with E-state index in [0.29, 0.717) is 0 Å². The number of pyridine rings is 2.